The third-order valence-corrected chi connectivity index (χ3v) is 5.77. The second-order valence-corrected chi connectivity index (χ2v) is 7.66. The van der Waals surface area contributed by atoms with Crippen LogP contribution in [0.25, 0.3) is 0 Å². The van der Waals surface area contributed by atoms with Gasteiger partial charge in [-0.2, -0.15) is 0 Å². The molecule has 0 bridgehead atoms. The first kappa shape index (κ1) is 21.3. The minimum Gasteiger partial charge on any atom is -0.462 e. The standard InChI is InChI=1S/C20H23BrN2O3S/c1-5-23(6-2)19(24)17-13(4)16(20(25)26-7-3)18(27-17)22-12-14-8-10-15(21)11-9-14/h8-12H,5-7H2,1-4H3/b22-12+. The van der Waals surface area contributed by atoms with E-state index in [2.05, 4.69) is 20.9 Å². The average molecular weight is 451 g/mol. The molecule has 0 radical (unpaired) electrons. The monoisotopic (exact) mass is 450 g/mol. The molecule has 0 aliphatic carbocycles. The number of esters is 1. The molecule has 0 saturated carbocycles. The lowest BCUT2D eigenvalue weighted by atomic mass is 10.1. The smallest absolute Gasteiger partial charge is 0.341 e. The molecule has 0 fully saturated rings. The van der Waals surface area contributed by atoms with Crippen molar-refractivity contribution in [2.24, 2.45) is 4.99 Å². The van der Waals surface area contributed by atoms with Gasteiger partial charge in [-0.25, -0.2) is 9.79 Å². The maximum Gasteiger partial charge on any atom is 0.341 e. The van der Waals surface area contributed by atoms with E-state index >= 15 is 0 Å². The fourth-order valence-electron chi connectivity index (χ4n) is 2.57. The van der Waals surface area contributed by atoms with Gasteiger partial charge in [0.2, 0.25) is 0 Å². The molecule has 0 saturated heterocycles. The van der Waals surface area contributed by atoms with Crippen LogP contribution in [0.15, 0.2) is 33.7 Å². The summed E-state index contributed by atoms with van der Waals surface area (Å²) >= 11 is 4.63. The summed E-state index contributed by atoms with van der Waals surface area (Å²) in [4.78, 5) is 32.0. The van der Waals surface area contributed by atoms with Gasteiger partial charge in [-0.15, -0.1) is 11.3 Å². The zero-order chi connectivity index (χ0) is 20.0. The largest absolute Gasteiger partial charge is 0.462 e. The van der Waals surface area contributed by atoms with Crippen LogP contribution in [0, 0.1) is 6.92 Å². The summed E-state index contributed by atoms with van der Waals surface area (Å²) in [6, 6.07) is 7.67. The van der Waals surface area contributed by atoms with Crippen LogP contribution in [0.5, 0.6) is 0 Å². The molecular weight excluding hydrogens is 428 g/mol. The number of amides is 1. The number of carbonyl (C=O) groups excluding carboxylic acids is 2. The molecule has 1 aromatic carbocycles. The van der Waals surface area contributed by atoms with Gasteiger partial charge in [-0.3, -0.25) is 4.79 Å². The van der Waals surface area contributed by atoms with Crippen LogP contribution in [0.3, 0.4) is 0 Å². The highest BCUT2D eigenvalue weighted by atomic mass is 79.9. The molecular formula is C20H23BrN2O3S. The van der Waals surface area contributed by atoms with E-state index in [0.29, 0.717) is 34.1 Å². The molecule has 0 atom stereocenters. The van der Waals surface area contributed by atoms with E-state index in [4.69, 9.17) is 4.74 Å². The molecule has 27 heavy (non-hydrogen) atoms. The molecule has 7 heteroatoms. The van der Waals surface area contributed by atoms with Crippen LogP contribution in [0.2, 0.25) is 0 Å². The van der Waals surface area contributed by atoms with Gasteiger partial charge in [0.15, 0.2) is 0 Å². The van der Waals surface area contributed by atoms with Crippen LogP contribution >= 0.6 is 27.3 Å². The Labute approximate surface area is 172 Å². The normalized spacial score (nSPS) is 11.0. The minimum atomic E-state index is -0.451. The van der Waals surface area contributed by atoms with Crippen molar-refractivity contribution in [1.82, 2.24) is 4.90 Å². The highest BCUT2D eigenvalue weighted by Crippen LogP contribution is 2.36. The SMILES string of the molecule is CCOC(=O)c1c(/N=C/c2ccc(Br)cc2)sc(C(=O)N(CC)CC)c1C. The van der Waals surface area contributed by atoms with E-state index in [0.717, 1.165) is 10.0 Å². The summed E-state index contributed by atoms with van der Waals surface area (Å²) in [5, 5.41) is 0.490. The van der Waals surface area contributed by atoms with E-state index in [-0.39, 0.29) is 12.5 Å². The first-order valence-electron chi connectivity index (χ1n) is 8.82. The Morgan fingerprint density at radius 2 is 1.81 bits per heavy atom. The van der Waals surface area contributed by atoms with Crippen LogP contribution < -0.4 is 0 Å². The zero-order valence-electron chi connectivity index (χ0n) is 15.9. The fraction of sp³-hybridized carbons (Fsp3) is 0.350. The van der Waals surface area contributed by atoms with Crippen LogP contribution in [0.4, 0.5) is 5.00 Å². The maximum absolute atomic E-state index is 12.8. The number of halogens is 1. The fourth-order valence-corrected chi connectivity index (χ4v) is 3.95. The second-order valence-electron chi connectivity index (χ2n) is 5.74. The Morgan fingerprint density at radius 3 is 2.37 bits per heavy atom. The minimum absolute atomic E-state index is 0.0851. The topological polar surface area (TPSA) is 59.0 Å². The van der Waals surface area contributed by atoms with Crippen molar-refractivity contribution in [3.8, 4) is 0 Å². The summed E-state index contributed by atoms with van der Waals surface area (Å²) in [7, 11) is 0. The van der Waals surface area contributed by atoms with Gasteiger partial charge in [-0.05, 0) is 51.0 Å². The number of aliphatic imine (C=N–C) groups is 1. The third kappa shape index (κ3) is 5.05. The highest BCUT2D eigenvalue weighted by molar-refractivity contribution is 9.10. The first-order valence-corrected chi connectivity index (χ1v) is 10.4. The van der Waals surface area contributed by atoms with Gasteiger partial charge in [0.25, 0.3) is 5.91 Å². The number of rotatable bonds is 7. The number of hydrogen-bond acceptors (Lipinski definition) is 5. The number of ether oxygens (including phenoxy) is 1. The number of nitrogens with zero attached hydrogens (tertiary/aromatic N) is 2. The summed E-state index contributed by atoms with van der Waals surface area (Å²) in [6.45, 7) is 8.89. The average Bonchev–Trinajstić information content (AvgIpc) is 2.98. The molecule has 0 aliphatic heterocycles. The summed E-state index contributed by atoms with van der Waals surface area (Å²) in [6.07, 6.45) is 1.69. The lowest BCUT2D eigenvalue weighted by Gasteiger charge is -2.17. The number of hydrogen-bond donors (Lipinski definition) is 0. The molecule has 144 valence electrons. The van der Waals surface area contributed by atoms with Gasteiger partial charge in [-0.1, -0.05) is 28.1 Å². The van der Waals surface area contributed by atoms with E-state index in [1.54, 1.807) is 25.0 Å². The quantitative estimate of drug-likeness (QED) is 0.428. The van der Waals surface area contributed by atoms with Crippen molar-refractivity contribution in [2.45, 2.75) is 27.7 Å². The van der Waals surface area contributed by atoms with E-state index in [1.165, 1.54) is 11.3 Å². The lowest BCUT2D eigenvalue weighted by molar-refractivity contribution is 0.0527. The maximum atomic E-state index is 12.8. The summed E-state index contributed by atoms with van der Waals surface area (Å²) in [5.74, 6) is -0.536. The van der Waals surface area contributed by atoms with Crippen LogP contribution in [-0.4, -0.2) is 42.7 Å². The van der Waals surface area contributed by atoms with Crippen molar-refractivity contribution >= 4 is 50.4 Å². The molecule has 2 aromatic rings. The van der Waals surface area contributed by atoms with Gasteiger partial charge in [0.05, 0.1) is 11.5 Å². The predicted octanol–water partition coefficient (Wildman–Crippen LogP) is 5.23. The first-order chi connectivity index (χ1) is 12.9. The van der Waals surface area contributed by atoms with Gasteiger partial charge in [0.1, 0.15) is 10.6 Å². The Kier molecular flexibility index (Phi) is 7.74. The van der Waals surface area contributed by atoms with Crippen molar-refractivity contribution in [2.75, 3.05) is 19.7 Å². The van der Waals surface area contributed by atoms with Crippen molar-refractivity contribution in [3.63, 3.8) is 0 Å². The van der Waals surface area contributed by atoms with E-state index in [1.807, 2.05) is 38.1 Å². The zero-order valence-corrected chi connectivity index (χ0v) is 18.3. The highest BCUT2D eigenvalue weighted by Gasteiger charge is 2.27. The molecule has 0 unspecified atom stereocenters. The van der Waals surface area contributed by atoms with Gasteiger partial charge < -0.3 is 9.64 Å². The second kappa shape index (κ2) is 9.80. The number of thiophene rings is 1. The Morgan fingerprint density at radius 1 is 1.19 bits per heavy atom. The molecule has 5 nitrogen and oxygen atoms in total. The lowest BCUT2D eigenvalue weighted by Crippen LogP contribution is -2.30. The van der Waals surface area contributed by atoms with Crippen LogP contribution in [0.1, 0.15) is 51.9 Å². The predicted molar refractivity (Wildman–Crippen MR) is 114 cm³/mol. The van der Waals surface area contributed by atoms with Crippen molar-refractivity contribution < 1.29 is 14.3 Å². The van der Waals surface area contributed by atoms with E-state index in [9.17, 15) is 9.59 Å². The van der Waals surface area contributed by atoms with Crippen molar-refractivity contribution in [3.05, 3.63) is 50.3 Å². The molecule has 1 aromatic heterocycles. The van der Waals surface area contributed by atoms with E-state index < -0.39 is 5.97 Å². The number of benzene rings is 1. The van der Waals surface area contributed by atoms with Crippen LogP contribution in [-0.2, 0) is 4.74 Å². The molecule has 0 aliphatic rings. The summed E-state index contributed by atoms with van der Waals surface area (Å²) in [5.41, 5.74) is 1.89. The molecule has 1 heterocycles. The van der Waals surface area contributed by atoms with Gasteiger partial charge in [0, 0.05) is 23.8 Å². The third-order valence-electron chi connectivity index (χ3n) is 4.05. The molecule has 0 spiro atoms. The molecule has 2 rings (SSSR count). The molecule has 0 N–H and O–H groups in total. The number of carbonyl (C=O) groups is 2. The Balaban J connectivity index is 2.47. The Hall–Kier alpha value is -1.99. The molecule has 1 amide bonds. The van der Waals surface area contributed by atoms with Gasteiger partial charge >= 0.3 is 5.97 Å². The Bertz CT molecular complexity index is 840. The summed E-state index contributed by atoms with van der Waals surface area (Å²) < 4.78 is 6.16. The van der Waals surface area contributed by atoms with Crippen molar-refractivity contribution in [1.29, 1.82) is 0 Å².